The second-order valence-corrected chi connectivity index (χ2v) is 9.79. The molecule has 1 aliphatic heterocycles. The number of carboxylic acid groups (broad SMARTS) is 1. The molecule has 2 N–H and O–H groups in total. The lowest BCUT2D eigenvalue weighted by Gasteiger charge is -2.34. The molecule has 2 atom stereocenters. The third kappa shape index (κ3) is 4.89. The van der Waals surface area contributed by atoms with Gasteiger partial charge in [-0.2, -0.15) is 0 Å². The Hall–Kier alpha value is -3.39. The van der Waals surface area contributed by atoms with Crippen LogP contribution in [0.1, 0.15) is 43.2 Å². The van der Waals surface area contributed by atoms with E-state index in [-0.39, 0.29) is 18.4 Å². The maximum Gasteiger partial charge on any atom is 0.407 e. The zero-order valence-corrected chi connectivity index (χ0v) is 20.5. The van der Waals surface area contributed by atoms with Crippen LogP contribution in [0.4, 0.5) is 4.79 Å². The second kappa shape index (κ2) is 10.1. The van der Waals surface area contributed by atoms with Gasteiger partial charge in [0.15, 0.2) is 0 Å². The molecule has 0 spiro atoms. The Kier molecular flexibility index (Phi) is 7.12. The van der Waals surface area contributed by atoms with Crippen LogP contribution in [-0.2, 0) is 14.3 Å². The van der Waals surface area contributed by atoms with Crippen LogP contribution in [0.2, 0.25) is 0 Å². The summed E-state index contributed by atoms with van der Waals surface area (Å²) in [7, 11) is 3.76. The summed E-state index contributed by atoms with van der Waals surface area (Å²) in [6.07, 6.45) is 0.668. The molecule has 2 aliphatic rings. The molecule has 1 unspecified atom stereocenters. The van der Waals surface area contributed by atoms with Gasteiger partial charge < -0.3 is 25.0 Å². The molecular formula is C27H33N3O5. The van der Waals surface area contributed by atoms with Gasteiger partial charge in [0, 0.05) is 12.5 Å². The minimum absolute atomic E-state index is 0.0852. The van der Waals surface area contributed by atoms with Crippen LogP contribution in [0.15, 0.2) is 48.5 Å². The number of hydrogen-bond acceptors (Lipinski definition) is 5. The zero-order chi connectivity index (χ0) is 25.2. The first-order valence-electron chi connectivity index (χ1n) is 12.0. The van der Waals surface area contributed by atoms with Gasteiger partial charge in [0.25, 0.3) is 0 Å². The highest BCUT2D eigenvalue weighted by molar-refractivity contribution is 5.91. The number of hydrogen-bond donors (Lipinski definition) is 2. The van der Waals surface area contributed by atoms with Gasteiger partial charge in [-0.25, -0.2) is 9.59 Å². The molecule has 2 amide bonds. The number of carbonyl (C=O) groups excluding carboxylic acids is 2. The normalized spacial score (nSPS) is 19.8. The topological polar surface area (TPSA) is 99.2 Å². The Morgan fingerprint density at radius 2 is 1.71 bits per heavy atom. The number of alkyl carbamates (subject to hydrolysis) is 1. The van der Waals surface area contributed by atoms with Gasteiger partial charge >= 0.3 is 12.1 Å². The highest BCUT2D eigenvalue weighted by Gasteiger charge is 2.47. The summed E-state index contributed by atoms with van der Waals surface area (Å²) in [6.45, 7) is 2.62. The Morgan fingerprint density at radius 1 is 1.11 bits per heavy atom. The Bertz CT molecular complexity index is 1070. The van der Waals surface area contributed by atoms with E-state index < -0.39 is 23.6 Å². The second-order valence-electron chi connectivity index (χ2n) is 9.79. The predicted molar refractivity (Wildman–Crippen MR) is 132 cm³/mol. The largest absolute Gasteiger partial charge is 0.480 e. The standard InChI is InChI=1S/C27H33N3O5/c1-27(25(32)33)14-8-15-30(27)24(31)23(13-16-29(2)3)28-26(34)35-17-22-20-11-6-4-9-18(20)19-10-5-7-12-21(19)22/h4-7,9-12,22-23H,8,13-17H2,1-3H3,(H,28,34)(H,32,33)/t23?,27-/m0/s1. The van der Waals surface area contributed by atoms with Crippen LogP contribution < -0.4 is 5.32 Å². The fourth-order valence-corrected chi connectivity index (χ4v) is 5.15. The molecule has 8 nitrogen and oxygen atoms in total. The Morgan fingerprint density at radius 3 is 2.29 bits per heavy atom. The number of likely N-dealkylation sites (tertiary alicyclic amines) is 1. The smallest absolute Gasteiger partial charge is 0.407 e. The number of nitrogens with one attached hydrogen (secondary N) is 1. The number of carboxylic acids is 1. The van der Waals surface area contributed by atoms with E-state index in [1.54, 1.807) is 6.92 Å². The average Bonchev–Trinajstić information content (AvgIpc) is 3.39. The number of amides is 2. The summed E-state index contributed by atoms with van der Waals surface area (Å²) in [5, 5.41) is 12.5. The van der Waals surface area contributed by atoms with Gasteiger partial charge in [0.1, 0.15) is 18.2 Å². The lowest BCUT2D eigenvalue weighted by atomic mass is 9.98. The number of benzene rings is 2. The number of carbonyl (C=O) groups is 3. The first kappa shape index (κ1) is 24.7. The van der Waals surface area contributed by atoms with Gasteiger partial charge in [0.05, 0.1) is 0 Å². The van der Waals surface area contributed by atoms with E-state index in [9.17, 15) is 19.5 Å². The molecule has 1 fully saturated rings. The molecule has 1 saturated heterocycles. The molecule has 0 aromatic heterocycles. The summed E-state index contributed by atoms with van der Waals surface area (Å²) in [6, 6.07) is 15.3. The van der Waals surface area contributed by atoms with Crippen molar-refractivity contribution in [2.24, 2.45) is 0 Å². The van der Waals surface area contributed by atoms with Crippen molar-refractivity contribution in [3.63, 3.8) is 0 Å². The van der Waals surface area contributed by atoms with Gasteiger partial charge in [-0.3, -0.25) is 4.79 Å². The average molecular weight is 480 g/mol. The molecule has 1 aliphatic carbocycles. The van der Waals surface area contributed by atoms with E-state index in [4.69, 9.17) is 4.74 Å². The molecular weight excluding hydrogens is 446 g/mol. The maximum absolute atomic E-state index is 13.4. The number of fused-ring (bicyclic) bond motifs is 3. The number of nitrogens with zero attached hydrogens (tertiary/aromatic N) is 2. The Balaban J connectivity index is 1.46. The van der Waals surface area contributed by atoms with E-state index in [2.05, 4.69) is 17.4 Å². The van der Waals surface area contributed by atoms with Gasteiger partial charge in [-0.1, -0.05) is 48.5 Å². The molecule has 0 bridgehead atoms. The van der Waals surface area contributed by atoms with Crippen molar-refractivity contribution < 1.29 is 24.2 Å². The van der Waals surface area contributed by atoms with Crippen molar-refractivity contribution in [1.29, 1.82) is 0 Å². The third-order valence-electron chi connectivity index (χ3n) is 7.17. The minimum Gasteiger partial charge on any atom is -0.480 e. The first-order chi connectivity index (χ1) is 16.7. The molecule has 4 rings (SSSR count). The first-order valence-corrected chi connectivity index (χ1v) is 12.0. The van der Waals surface area contributed by atoms with E-state index in [1.807, 2.05) is 55.4 Å². The molecule has 0 radical (unpaired) electrons. The Labute approximate surface area is 205 Å². The van der Waals surface area contributed by atoms with Crippen LogP contribution in [0.25, 0.3) is 11.1 Å². The summed E-state index contributed by atoms with van der Waals surface area (Å²) < 4.78 is 5.64. The number of aliphatic carboxylic acids is 1. The summed E-state index contributed by atoms with van der Waals surface area (Å²) in [5.41, 5.74) is 3.22. The van der Waals surface area contributed by atoms with Gasteiger partial charge in [-0.05, 0) is 69.1 Å². The van der Waals surface area contributed by atoms with E-state index in [0.29, 0.717) is 32.4 Å². The van der Waals surface area contributed by atoms with E-state index in [1.165, 1.54) is 4.90 Å². The third-order valence-corrected chi connectivity index (χ3v) is 7.17. The lowest BCUT2D eigenvalue weighted by molar-refractivity contribution is -0.156. The van der Waals surface area contributed by atoms with Crippen LogP contribution in [0.3, 0.4) is 0 Å². The number of rotatable bonds is 8. The van der Waals surface area contributed by atoms with Gasteiger partial charge in [0.2, 0.25) is 5.91 Å². The molecule has 1 heterocycles. The van der Waals surface area contributed by atoms with Crippen molar-refractivity contribution in [1.82, 2.24) is 15.1 Å². The van der Waals surface area contributed by atoms with Crippen molar-refractivity contribution in [2.45, 2.75) is 43.7 Å². The van der Waals surface area contributed by atoms with Crippen molar-refractivity contribution in [3.8, 4) is 11.1 Å². The monoisotopic (exact) mass is 479 g/mol. The molecule has 8 heteroatoms. The van der Waals surface area contributed by atoms with E-state index >= 15 is 0 Å². The zero-order valence-electron chi connectivity index (χ0n) is 20.5. The molecule has 2 aromatic rings. The van der Waals surface area contributed by atoms with Crippen LogP contribution >= 0.6 is 0 Å². The van der Waals surface area contributed by atoms with Crippen LogP contribution in [0, 0.1) is 0 Å². The van der Waals surface area contributed by atoms with Crippen LogP contribution in [-0.4, -0.2) is 78.2 Å². The maximum atomic E-state index is 13.4. The SMILES string of the molecule is CN(C)CCC(NC(=O)OCC1c2ccccc2-c2ccccc21)C(=O)N1CCC[C@@]1(C)C(=O)O. The fourth-order valence-electron chi connectivity index (χ4n) is 5.15. The minimum atomic E-state index is -1.27. The summed E-state index contributed by atoms with van der Waals surface area (Å²) in [4.78, 5) is 41.4. The van der Waals surface area contributed by atoms with Crippen LogP contribution in [0.5, 0.6) is 0 Å². The molecule has 186 valence electrons. The van der Waals surface area contributed by atoms with Crippen molar-refractivity contribution in [3.05, 3.63) is 59.7 Å². The van der Waals surface area contributed by atoms with Crippen molar-refractivity contribution in [2.75, 3.05) is 33.8 Å². The van der Waals surface area contributed by atoms with Gasteiger partial charge in [-0.15, -0.1) is 0 Å². The van der Waals surface area contributed by atoms with E-state index in [0.717, 1.165) is 22.3 Å². The molecule has 0 saturated carbocycles. The van der Waals surface area contributed by atoms with Crippen molar-refractivity contribution >= 4 is 18.0 Å². The highest BCUT2D eigenvalue weighted by atomic mass is 16.5. The predicted octanol–water partition coefficient (Wildman–Crippen LogP) is 3.31. The lowest BCUT2D eigenvalue weighted by Crippen LogP contribution is -2.57. The molecule has 2 aromatic carbocycles. The fraction of sp³-hybridized carbons (Fsp3) is 0.444. The summed E-state index contributed by atoms with van der Waals surface area (Å²) in [5.74, 6) is -1.50. The highest BCUT2D eigenvalue weighted by Crippen LogP contribution is 2.44. The number of ether oxygens (including phenoxy) is 1. The molecule has 35 heavy (non-hydrogen) atoms. The quantitative estimate of drug-likeness (QED) is 0.603. The summed E-state index contributed by atoms with van der Waals surface area (Å²) >= 11 is 0.